The van der Waals surface area contributed by atoms with Gasteiger partial charge in [-0.1, -0.05) is 76.4 Å². The molecule has 6 unspecified atom stereocenters. The van der Waals surface area contributed by atoms with E-state index in [1.165, 1.54) is 18.1 Å². The lowest BCUT2D eigenvalue weighted by Crippen LogP contribution is -2.61. The number of hydrogen-bond donors (Lipinski definition) is 4. The number of aliphatic carboxylic acids is 1. The number of benzene rings is 2. The fraction of sp³-hybridized carbons (Fsp3) is 0.488. The van der Waals surface area contributed by atoms with Gasteiger partial charge in [0.2, 0.25) is 11.8 Å². The number of likely N-dealkylation sites (tertiary alicyclic amines) is 1. The van der Waals surface area contributed by atoms with Gasteiger partial charge in [-0.15, -0.1) is 6.58 Å². The first kappa shape index (κ1) is 41.0. The first-order valence-electron chi connectivity index (χ1n) is 19.5. The van der Waals surface area contributed by atoms with Gasteiger partial charge in [-0.25, -0.2) is 19.4 Å². The number of nitrogens with zero attached hydrogens (tertiary/aromatic N) is 2. The average Bonchev–Trinajstić information content (AvgIpc) is 3.77. The first-order valence-corrected chi connectivity index (χ1v) is 19.5. The molecule has 1 saturated heterocycles. The molecule has 2 saturated carbocycles. The average molecular weight is 784 g/mol. The summed E-state index contributed by atoms with van der Waals surface area (Å²) in [5, 5.41) is 19.2. The Morgan fingerprint density at radius 3 is 2.33 bits per heavy atom. The largest absolute Gasteiger partial charge is 0.497 e. The molecule has 4 amide bonds. The molecule has 0 spiro atoms. The van der Waals surface area contributed by atoms with E-state index in [-0.39, 0.29) is 25.3 Å². The van der Waals surface area contributed by atoms with Crippen LogP contribution >= 0.6 is 0 Å². The molecule has 2 aliphatic carbocycles. The Kier molecular flexibility index (Phi) is 12.1. The zero-order valence-corrected chi connectivity index (χ0v) is 33.2. The standard InChI is InChI=1S/C43H53N5O9/c1-7-27-23-43(27,40(52)53)47-37(49)33-21-29(57-34-22-31(25-14-10-8-11-15-25)44-32-20-28(55-5)18-19-30(32)34)24-48(33)41(54)46-36(42(2,3)4)38(50)45-35(39(51)56-6)26-16-12-9-13-17-26/h7-8,10-11,14-15,18-20,22,26-27,29,33,35-36H,1,9,12-13,16-17,21,23-24H2,2-6H3,(H,45,50)(H,46,54)(H,47,49)(H,52,53). The lowest BCUT2D eigenvalue weighted by atomic mass is 9.82. The van der Waals surface area contributed by atoms with Gasteiger partial charge in [-0.2, -0.15) is 0 Å². The highest BCUT2D eigenvalue weighted by Crippen LogP contribution is 2.45. The predicted molar refractivity (Wildman–Crippen MR) is 212 cm³/mol. The molecule has 3 fully saturated rings. The second-order valence-electron chi connectivity index (χ2n) is 16.4. The third-order valence-corrected chi connectivity index (χ3v) is 11.5. The van der Waals surface area contributed by atoms with Crippen molar-refractivity contribution in [2.45, 2.75) is 95.5 Å². The van der Waals surface area contributed by atoms with Crippen LogP contribution in [0.25, 0.3) is 22.2 Å². The van der Waals surface area contributed by atoms with Gasteiger partial charge in [-0.3, -0.25) is 9.59 Å². The molecule has 6 rings (SSSR count). The molecule has 1 aromatic heterocycles. The van der Waals surface area contributed by atoms with Crippen LogP contribution in [-0.4, -0.2) is 95.3 Å². The van der Waals surface area contributed by atoms with Gasteiger partial charge >= 0.3 is 18.0 Å². The van der Waals surface area contributed by atoms with Crippen molar-refractivity contribution in [2.75, 3.05) is 20.8 Å². The molecule has 3 aromatic rings. The van der Waals surface area contributed by atoms with E-state index in [0.717, 1.165) is 37.7 Å². The number of urea groups is 1. The van der Waals surface area contributed by atoms with E-state index >= 15 is 0 Å². The second kappa shape index (κ2) is 16.8. The van der Waals surface area contributed by atoms with Crippen LogP contribution in [0.3, 0.4) is 0 Å². The third kappa shape index (κ3) is 8.84. The van der Waals surface area contributed by atoms with Gasteiger partial charge in [-0.05, 0) is 42.7 Å². The van der Waals surface area contributed by atoms with Crippen LogP contribution < -0.4 is 25.4 Å². The van der Waals surface area contributed by atoms with Crippen LogP contribution in [-0.2, 0) is 23.9 Å². The number of carboxylic acid groups (broad SMARTS) is 1. The molecule has 304 valence electrons. The third-order valence-electron chi connectivity index (χ3n) is 11.5. The lowest BCUT2D eigenvalue weighted by molar-refractivity contribution is -0.147. The number of carboxylic acids is 1. The highest BCUT2D eigenvalue weighted by Gasteiger charge is 2.61. The summed E-state index contributed by atoms with van der Waals surface area (Å²) in [5.41, 5.74) is -0.276. The van der Waals surface area contributed by atoms with E-state index in [4.69, 9.17) is 19.2 Å². The monoisotopic (exact) mass is 783 g/mol. The summed E-state index contributed by atoms with van der Waals surface area (Å²) >= 11 is 0. The van der Waals surface area contributed by atoms with Crippen molar-refractivity contribution in [1.82, 2.24) is 25.8 Å². The van der Waals surface area contributed by atoms with Crippen LogP contribution in [0.15, 0.2) is 67.3 Å². The molecular weight excluding hydrogens is 730 g/mol. The minimum Gasteiger partial charge on any atom is -0.497 e. The van der Waals surface area contributed by atoms with Crippen molar-refractivity contribution in [3.63, 3.8) is 0 Å². The van der Waals surface area contributed by atoms with Crippen LogP contribution in [0.5, 0.6) is 11.5 Å². The molecule has 14 nitrogen and oxygen atoms in total. The van der Waals surface area contributed by atoms with Gasteiger partial charge in [0.25, 0.3) is 0 Å². The molecule has 1 aliphatic heterocycles. The Labute approximate surface area is 332 Å². The molecule has 2 heterocycles. The number of nitrogens with one attached hydrogen (secondary N) is 3. The fourth-order valence-corrected chi connectivity index (χ4v) is 8.09. The van der Waals surface area contributed by atoms with Gasteiger partial charge in [0.15, 0.2) is 0 Å². The van der Waals surface area contributed by atoms with Crippen molar-refractivity contribution in [2.24, 2.45) is 17.3 Å². The number of carbonyl (C=O) groups is 5. The maximum atomic E-state index is 14.4. The SMILES string of the molecule is C=CC1CC1(NC(=O)C1CC(Oc2cc(-c3ccccc3)nc3cc(OC)ccc23)CN1C(=O)NC(C(=O)NC(C(=O)OC)C1CCCCC1)C(C)(C)C)C(=O)O. The van der Waals surface area contributed by atoms with Gasteiger partial charge in [0.1, 0.15) is 41.3 Å². The second-order valence-corrected chi connectivity index (χ2v) is 16.4. The minimum atomic E-state index is -1.54. The Bertz CT molecular complexity index is 2010. The molecule has 0 bridgehead atoms. The van der Waals surface area contributed by atoms with Crippen molar-refractivity contribution < 1.29 is 43.3 Å². The van der Waals surface area contributed by atoms with Crippen molar-refractivity contribution in [3.05, 3.63) is 67.3 Å². The fourth-order valence-electron chi connectivity index (χ4n) is 8.09. The molecule has 4 N–H and O–H groups in total. The molecule has 2 aromatic carbocycles. The van der Waals surface area contributed by atoms with Gasteiger partial charge in [0, 0.05) is 35.4 Å². The number of rotatable bonds is 13. The van der Waals surface area contributed by atoms with Gasteiger partial charge in [0.05, 0.1) is 32.0 Å². The van der Waals surface area contributed by atoms with Crippen LogP contribution in [0, 0.1) is 17.3 Å². The topological polar surface area (TPSA) is 185 Å². The summed E-state index contributed by atoms with van der Waals surface area (Å²) in [7, 11) is 2.85. The number of fused-ring (bicyclic) bond motifs is 1. The molecule has 6 atom stereocenters. The normalized spacial score (nSPS) is 23.1. The summed E-state index contributed by atoms with van der Waals surface area (Å²) in [6, 6.07) is 12.9. The maximum Gasteiger partial charge on any atom is 0.330 e. The molecule has 57 heavy (non-hydrogen) atoms. The Morgan fingerprint density at radius 2 is 1.72 bits per heavy atom. The van der Waals surface area contributed by atoms with Crippen LogP contribution in [0.1, 0.15) is 65.7 Å². The van der Waals surface area contributed by atoms with Gasteiger partial charge < -0.3 is 40.2 Å². The number of ether oxygens (including phenoxy) is 3. The number of hydrogen-bond acceptors (Lipinski definition) is 9. The zero-order chi connectivity index (χ0) is 41.1. The van der Waals surface area contributed by atoms with E-state index in [0.29, 0.717) is 28.1 Å². The van der Waals surface area contributed by atoms with Crippen molar-refractivity contribution in [1.29, 1.82) is 0 Å². The van der Waals surface area contributed by atoms with E-state index in [1.807, 2.05) is 42.5 Å². The maximum absolute atomic E-state index is 14.4. The number of methoxy groups -OCH3 is 2. The quantitative estimate of drug-likeness (QED) is 0.132. The van der Waals surface area contributed by atoms with E-state index in [1.54, 1.807) is 40.0 Å². The highest BCUT2D eigenvalue weighted by molar-refractivity contribution is 5.96. The summed E-state index contributed by atoms with van der Waals surface area (Å²) in [4.78, 5) is 74.0. The Morgan fingerprint density at radius 1 is 1.00 bits per heavy atom. The Hall–Kier alpha value is -5.66. The van der Waals surface area contributed by atoms with E-state index in [9.17, 15) is 29.1 Å². The number of carbonyl (C=O) groups excluding carboxylic acids is 4. The summed E-state index contributed by atoms with van der Waals surface area (Å²) in [6.45, 7) is 9.02. The number of pyridine rings is 1. The van der Waals surface area contributed by atoms with E-state index < -0.39 is 70.9 Å². The van der Waals surface area contributed by atoms with Crippen LogP contribution in [0.4, 0.5) is 4.79 Å². The summed E-state index contributed by atoms with van der Waals surface area (Å²) in [5.74, 6) is -2.49. The molecular formula is C43H53N5O9. The summed E-state index contributed by atoms with van der Waals surface area (Å²) in [6.07, 6.45) is 5.39. The Balaban J connectivity index is 1.30. The smallest absolute Gasteiger partial charge is 0.330 e. The van der Waals surface area contributed by atoms with Crippen LogP contribution in [0.2, 0.25) is 0 Å². The highest BCUT2D eigenvalue weighted by atomic mass is 16.5. The summed E-state index contributed by atoms with van der Waals surface area (Å²) < 4.78 is 17.2. The van der Waals surface area contributed by atoms with E-state index in [2.05, 4.69) is 22.5 Å². The van der Waals surface area contributed by atoms with Crippen molar-refractivity contribution in [3.8, 4) is 22.8 Å². The first-order chi connectivity index (χ1) is 27.2. The number of aromatic nitrogens is 1. The molecule has 3 aliphatic rings. The predicted octanol–water partition coefficient (Wildman–Crippen LogP) is 5.24. The molecule has 14 heteroatoms. The number of esters is 1. The minimum absolute atomic E-state index is 0.0207. The van der Waals surface area contributed by atoms with Crippen molar-refractivity contribution >= 4 is 40.7 Å². The lowest BCUT2D eigenvalue weighted by Gasteiger charge is -2.35. The number of amides is 4. The zero-order valence-electron chi connectivity index (χ0n) is 33.2. The molecule has 0 radical (unpaired) electrons.